The number of benzene rings is 1. The molecule has 1 aromatic carbocycles. The van der Waals surface area contributed by atoms with Crippen molar-refractivity contribution >= 4 is 16.7 Å². The van der Waals surface area contributed by atoms with E-state index < -0.39 is 0 Å². The SMILES string of the molecule is Cc1c(C(=O)C[NH+]2C[C@H]3C[C@H](C2)c2cccc(=O)n2C3)c2ccccc2n1C. The van der Waals surface area contributed by atoms with Crippen molar-refractivity contribution in [2.75, 3.05) is 19.6 Å². The third-order valence-corrected chi connectivity index (χ3v) is 6.76. The number of nitrogens with zero attached hydrogens (tertiary/aromatic N) is 2. The van der Waals surface area contributed by atoms with E-state index in [1.165, 1.54) is 4.90 Å². The number of aryl methyl sites for hydroxylation is 1. The number of carbonyl (C=O) groups excluding carboxylic acids is 1. The minimum atomic E-state index is 0.109. The lowest BCUT2D eigenvalue weighted by Crippen LogP contribution is -3.15. The van der Waals surface area contributed by atoms with Crippen LogP contribution in [-0.2, 0) is 13.6 Å². The summed E-state index contributed by atoms with van der Waals surface area (Å²) >= 11 is 0. The van der Waals surface area contributed by atoms with Crippen LogP contribution in [0.4, 0.5) is 0 Å². The average molecular weight is 376 g/mol. The van der Waals surface area contributed by atoms with Crippen LogP contribution < -0.4 is 10.5 Å². The Kier molecular flexibility index (Phi) is 4.02. The Bertz CT molecular complexity index is 1140. The molecule has 1 saturated heterocycles. The lowest BCUT2D eigenvalue weighted by Gasteiger charge is -2.40. The van der Waals surface area contributed by atoms with Crippen LogP contribution in [0.3, 0.4) is 0 Å². The molecule has 0 amide bonds. The quantitative estimate of drug-likeness (QED) is 0.705. The van der Waals surface area contributed by atoms with Crippen LogP contribution in [0.1, 0.15) is 34.1 Å². The zero-order valence-electron chi connectivity index (χ0n) is 16.4. The second-order valence-corrected chi connectivity index (χ2v) is 8.49. The first kappa shape index (κ1) is 17.4. The van der Waals surface area contributed by atoms with Gasteiger partial charge in [-0.05, 0) is 25.5 Å². The largest absolute Gasteiger partial charge is 0.347 e. The molecule has 0 radical (unpaired) electrons. The van der Waals surface area contributed by atoms with Gasteiger partial charge in [0.25, 0.3) is 5.56 Å². The van der Waals surface area contributed by atoms with Crippen LogP contribution in [0, 0.1) is 12.8 Å². The van der Waals surface area contributed by atoms with E-state index in [-0.39, 0.29) is 11.3 Å². The van der Waals surface area contributed by atoms with Crippen LogP contribution in [0.25, 0.3) is 10.9 Å². The Labute approximate surface area is 164 Å². The molecule has 0 saturated carbocycles. The molecular formula is C23H26N3O2+. The van der Waals surface area contributed by atoms with E-state index in [9.17, 15) is 9.59 Å². The lowest BCUT2D eigenvalue weighted by atomic mass is 9.83. The molecule has 4 heterocycles. The first-order valence-electron chi connectivity index (χ1n) is 10.1. The Morgan fingerprint density at radius 3 is 2.82 bits per heavy atom. The van der Waals surface area contributed by atoms with Crippen LogP contribution in [-0.4, -0.2) is 34.6 Å². The molecule has 2 aliphatic rings. The smallest absolute Gasteiger partial charge is 0.250 e. The molecule has 2 bridgehead atoms. The van der Waals surface area contributed by atoms with Crippen molar-refractivity contribution in [2.24, 2.45) is 13.0 Å². The number of nitrogens with one attached hydrogen (secondary N) is 1. The number of fused-ring (bicyclic) bond motifs is 5. The van der Waals surface area contributed by atoms with E-state index in [1.54, 1.807) is 6.07 Å². The van der Waals surface area contributed by atoms with E-state index in [0.717, 1.165) is 53.9 Å². The van der Waals surface area contributed by atoms with Crippen molar-refractivity contribution in [3.63, 3.8) is 0 Å². The number of pyridine rings is 1. The van der Waals surface area contributed by atoms with Gasteiger partial charge in [-0.1, -0.05) is 24.3 Å². The summed E-state index contributed by atoms with van der Waals surface area (Å²) in [5, 5.41) is 1.06. The third-order valence-electron chi connectivity index (χ3n) is 6.76. The Morgan fingerprint density at radius 1 is 1.14 bits per heavy atom. The molecule has 2 aromatic heterocycles. The zero-order valence-corrected chi connectivity index (χ0v) is 16.4. The van der Waals surface area contributed by atoms with Gasteiger partial charge in [0.1, 0.15) is 6.54 Å². The number of Topliss-reactive ketones (excluding diaryl/α,β-unsaturated/α-hetero) is 1. The van der Waals surface area contributed by atoms with E-state index >= 15 is 0 Å². The molecular weight excluding hydrogens is 350 g/mol. The van der Waals surface area contributed by atoms with Crippen LogP contribution >= 0.6 is 0 Å². The van der Waals surface area contributed by atoms with Gasteiger partial charge in [-0.25, -0.2) is 0 Å². The fourth-order valence-corrected chi connectivity index (χ4v) is 5.45. The number of aromatic nitrogens is 2. The second-order valence-electron chi connectivity index (χ2n) is 8.49. The van der Waals surface area contributed by atoms with Gasteiger partial charge in [0.2, 0.25) is 5.78 Å². The molecule has 0 spiro atoms. The van der Waals surface area contributed by atoms with Gasteiger partial charge in [0.05, 0.1) is 18.7 Å². The number of hydrogen-bond donors (Lipinski definition) is 1. The molecule has 3 aromatic rings. The fourth-order valence-electron chi connectivity index (χ4n) is 5.45. The molecule has 1 unspecified atom stereocenters. The maximum atomic E-state index is 13.3. The van der Waals surface area contributed by atoms with E-state index in [4.69, 9.17) is 0 Å². The van der Waals surface area contributed by atoms with E-state index in [2.05, 4.69) is 22.8 Å². The Hall–Kier alpha value is -2.66. The third kappa shape index (κ3) is 2.65. The van der Waals surface area contributed by atoms with E-state index in [0.29, 0.717) is 18.4 Å². The molecule has 28 heavy (non-hydrogen) atoms. The highest BCUT2D eigenvalue weighted by Crippen LogP contribution is 2.30. The van der Waals surface area contributed by atoms with Crippen molar-refractivity contribution in [1.82, 2.24) is 9.13 Å². The van der Waals surface area contributed by atoms with Crippen molar-refractivity contribution in [2.45, 2.75) is 25.8 Å². The fraction of sp³-hybridized carbons (Fsp3) is 0.391. The average Bonchev–Trinajstić information content (AvgIpc) is 2.94. The maximum absolute atomic E-state index is 13.3. The first-order valence-corrected chi connectivity index (χ1v) is 10.1. The maximum Gasteiger partial charge on any atom is 0.250 e. The first-order chi connectivity index (χ1) is 13.5. The standard InChI is InChI=1S/C23H25N3O2/c1-15-23(18-6-3-4-7-20(18)24(15)2)21(27)14-25-11-16-10-17(13-25)19-8-5-9-22(28)26(19)12-16/h3-9,16-17H,10-14H2,1-2H3/p+1/t16-,17-/m1/s1. The predicted octanol–water partition coefficient (Wildman–Crippen LogP) is 1.53. The van der Waals surface area contributed by atoms with Gasteiger partial charge < -0.3 is 14.0 Å². The molecule has 0 aliphatic carbocycles. The Morgan fingerprint density at radius 2 is 1.96 bits per heavy atom. The monoisotopic (exact) mass is 376 g/mol. The number of rotatable bonds is 3. The van der Waals surface area contributed by atoms with Gasteiger partial charge in [-0.2, -0.15) is 0 Å². The second kappa shape index (κ2) is 6.45. The summed E-state index contributed by atoms with van der Waals surface area (Å²) in [5.74, 6) is 1.08. The number of quaternary nitrogens is 1. The highest BCUT2D eigenvalue weighted by atomic mass is 16.1. The van der Waals surface area contributed by atoms with Gasteiger partial charge in [-0.15, -0.1) is 0 Å². The highest BCUT2D eigenvalue weighted by molar-refractivity contribution is 6.10. The van der Waals surface area contributed by atoms with Crippen molar-refractivity contribution < 1.29 is 9.69 Å². The number of piperidine rings is 1. The zero-order chi connectivity index (χ0) is 19.4. The van der Waals surface area contributed by atoms with Gasteiger partial charge in [0.15, 0.2) is 0 Å². The number of ketones is 1. The van der Waals surface area contributed by atoms with Gasteiger partial charge in [0, 0.05) is 53.8 Å². The predicted molar refractivity (Wildman–Crippen MR) is 109 cm³/mol. The summed E-state index contributed by atoms with van der Waals surface area (Å²) in [6, 6.07) is 13.8. The van der Waals surface area contributed by atoms with Crippen molar-refractivity contribution in [3.05, 3.63) is 69.8 Å². The lowest BCUT2D eigenvalue weighted by molar-refractivity contribution is -0.902. The van der Waals surface area contributed by atoms with Crippen LogP contribution in [0.5, 0.6) is 0 Å². The van der Waals surface area contributed by atoms with Crippen LogP contribution in [0.2, 0.25) is 0 Å². The number of likely N-dealkylation sites (tertiary alicyclic amines) is 1. The van der Waals surface area contributed by atoms with E-state index in [1.807, 2.05) is 36.7 Å². The molecule has 3 atom stereocenters. The molecule has 2 aliphatic heterocycles. The molecule has 1 fully saturated rings. The van der Waals surface area contributed by atoms with Gasteiger partial charge in [-0.3, -0.25) is 9.59 Å². The number of hydrogen-bond acceptors (Lipinski definition) is 2. The number of carbonyl (C=O) groups is 1. The summed E-state index contributed by atoms with van der Waals surface area (Å²) in [5.41, 5.74) is 4.28. The summed E-state index contributed by atoms with van der Waals surface area (Å²) < 4.78 is 4.07. The summed E-state index contributed by atoms with van der Waals surface area (Å²) in [6.45, 7) is 5.24. The molecule has 5 heteroatoms. The van der Waals surface area contributed by atoms with Crippen molar-refractivity contribution in [3.8, 4) is 0 Å². The molecule has 5 nitrogen and oxygen atoms in total. The normalized spacial score (nSPS) is 23.6. The summed E-state index contributed by atoms with van der Waals surface area (Å²) in [4.78, 5) is 26.8. The molecule has 5 rings (SSSR count). The summed E-state index contributed by atoms with van der Waals surface area (Å²) in [7, 11) is 2.03. The minimum absolute atomic E-state index is 0.109. The van der Waals surface area contributed by atoms with Crippen molar-refractivity contribution in [1.29, 1.82) is 0 Å². The topological polar surface area (TPSA) is 48.4 Å². The minimum Gasteiger partial charge on any atom is -0.347 e. The molecule has 144 valence electrons. The number of para-hydroxylation sites is 1. The van der Waals surface area contributed by atoms with Crippen LogP contribution in [0.15, 0.2) is 47.3 Å². The van der Waals surface area contributed by atoms with Gasteiger partial charge >= 0.3 is 0 Å². The summed E-state index contributed by atoms with van der Waals surface area (Å²) in [6.07, 6.45) is 1.13. The Balaban J connectivity index is 1.42. The molecule has 1 N–H and O–H groups in total. The highest BCUT2D eigenvalue weighted by Gasteiger charge is 2.38.